The van der Waals surface area contributed by atoms with Crippen molar-refractivity contribution < 1.29 is 4.79 Å². The molecule has 0 bridgehead atoms. The molecule has 30 heavy (non-hydrogen) atoms. The average Bonchev–Trinajstić information content (AvgIpc) is 3.53. The summed E-state index contributed by atoms with van der Waals surface area (Å²) in [6.07, 6.45) is 8.46. The van der Waals surface area contributed by atoms with Crippen LogP contribution in [0.2, 0.25) is 0 Å². The van der Waals surface area contributed by atoms with Crippen molar-refractivity contribution in [2.75, 3.05) is 4.90 Å². The molecule has 0 radical (unpaired) electrons. The summed E-state index contributed by atoms with van der Waals surface area (Å²) < 4.78 is 3.72. The lowest BCUT2D eigenvalue weighted by atomic mass is 10.2. The lowest BCUT2D eigenvalue weighted by Crippen LogP contribution is -2.25. The second kappa shape index (κ2) is 6.28. The predicted molar refractivity (Wildman–Crippen MR) is 106 cm³/mol. The number of aryl methyl sites for hydroxylation is 1. The van der Waals surface area contributed by atoms with Gasteiger partial charge in [0.2, 0.25) is 0 Å². The molecule has 10 nitrogen and oxygen atoms in total. The van der Waals surface area contributed by atoms with E-state index in [1.165, 1.54) is 0 Å². The second-order valence-corrected chi connectivity index (χ2v) is 7.47. The van der Waals surface area contributed by atoms with E-state index in [0.717, 1.165) is 24.5 Å². The van der Waals surface area contributed by atoms with Crippen LogP contribution in [0.3, 0.4) is 0 Å². The van der Waals surface area contributed by atoms with E-state index in [2.05, 4.69) is 36.8 Å². The van der Waals surface area contributed by atoms with E-state index < -0.39 is 0 Å². The van der Waals surface area contributed by atoms with E-state index in [9.17, 15) is 4.79 Å². The minimum absolute atomic E-state index is 0.135. The molecule has 0 aromatic carbocycles. The lowest BCUT2D eigenvalue weighted by Gasteiger charge is -2.16. The highest BCUT2D eigenvalue weighted by molar-refractivity contribution is 6.09. The highest BCUT2D eigenvalue weighted by Gasteiger charge is 2.33. The van der Waals surface area contributed by atoms with Crippen LogP contribution in [0.5, 0.6) is 0 Å². The maximum Gasteiger partial charge on any atom is 0.263 e. The SMILES string of the molecule is C[C@H]1CCc2nnc(-c3cccc(N4Cc5nn(-c6cnccn6)cc5C4=O)n3)n21. The number of hydrogen-bond donors (Lipinski definition) is 0. The van der Waals surface area contributed by atoms with Crippen LogP contribution in [-0.4, -0.2) is 45.4 Å². The summed E-state index contributed by atoms with van der Waals surface area (Å²) in [5.41, 5.74) is 1.95. The van der Waals surface area contributed by atoms with Crippen molar-refractivity contribution in [2.45, 2.75) is 32.4 Å². The third kappa shape index (κ3) is 2.46. The van der Waals surface area contributed by atoms with Gasteiger partial charge in [0.05, 0.1) is 24.0 Å². The zero-order valence-electron chi connectivity index (χ0n) is 16.2. The van der Waals surface area contributed by atoms with Gasteiger partial charge in [-0.1, -0.05) is 6.07 Å². The summed E-state index contributed by atoms with van der Waals surface area (Å²) in [5, 5.41) is 13.1. The van der Waals surface area contributed by atoms with Gasteiger partial charge in [0, 0.05) is 31.1 Å². The molecular weight excluding hydrogens is 382 g/mol. The number of fused-ring (bicyclic) bond motifs is 2. The average molecular weight is 399 g/mol. The molecule has 2 aliphatic rings. The van der Waals surface area contributed by atoms with Gasteiger partial charge in [0.25, 0.3) is 5.91 Å². The van der Waals surface area contributed by atoms with Gasteiger partial charge in [0.1, 0.15) is 17.3 Å². The monoisotopic (exact) mass is 399 g/mol. The zero-order chi connectivity index (χ0) is 20.2. The van der Waals surface area contributed by atoms with Gasteiger partial charge >= 0.3 is 0 Å². The molecule has 4 aromatic rings. The maximum atomic E-state index is 13.0. The largest absolute Gasteiger partial charge is 0.307 e. The topological polar surface area (TPSA) is 108 Å². The first kappa shape index (κ1) is 17.0. The first-order valence-corrected chi connectivity index (χ1v) is 9.77. The Morgan fingerprint density at radius 3 is 2.90 bits per heavy atom. The van der Waals surface area contributed by atoms with Crippen molar-refractivity contribution in [1.82, 2.24) is 39.5 Å². The first-order valence-electron chi connectivity index (χ1n) is 9.77. The minimum Gasteiger partial charge on any atom is -0.307 e. The Kier molecular flexibility index (Phi) is 3.55. The van der Waals surface area contributed by atoms with Crippen LogP contribution in [0.4, 0.5) is 5.82 Å². The molecule has 0 unspecified atom stereocenters. The van der Waals surface area contributed by atoms with E-state index in [4.69, 9.17) is 4.98 Å². The molecule has 0 saturated carbocycles. The Labute approximate surface area is 171 Å². The molecule has 6 heterocycles. The lowest BCUT2D eigenvalue weighted by molar-refractivity contribution is 0.0995. The molecule has 0 fully saturated rings. The van der Waals surface area contributed by atoms with E-state index in [1.54, 1.807) is 34.4 Å². The number of aromatic nitrogens is 8. The molecule has 10 heteroatoms. The van der Waals surface area contributed by atoms with Crippen LogP contribution in [0.15, 0.2) is 43.0 Å². The summed E-state index contributed by atoms with van der Waals surface area (Å²) in [7, 11) is 0. The maximum absolute atomic E-state index is 13.0. The molecule has 0 aliphatic carbocycles. The molecule has 2 aliphatic heterocycles. The molecule has 148 valence electrons. The van der Waals surface area contributed by atoms with E-state index >= 15 is 0 Å². The molecule has 1 amide bonds. The summed E-state index contributed by atoms with van der Waals surface area (Å²) >= 11 is 0. The van der Waals surface area contributed by atoms with Gasteiger partial charge in [-0.3, -0.25) is 14.7 Å². The third-order valence-electron chi connectivity index (χ3n) is 5.59. The number of nitrogens with zero attached hydrogens (tertiary/aromatic N) is 9. The molecular formula is C20H17N9O. The number of carbonyl (C=O) groups excluding carboxylic acids is 1. The zero-order valence-corrected chi connectivity index (χ0v) is 16.2. The standard InChI is InChI=1S/C20H17N9O/c1-12-5-6-17-24-25-19(29(12)17)14-3-2-4-16(23-14)27-11-15-13(20(27)30)10-28(26-15)18-9-21-7-8-22-18/h2-4,7-10,12H,5-6,11H2,1H3/t12-/m0/s1. The Morgan fingerprint density at radius 1 is 1.13 bits per heavy atom. The Bertz CT molecular complexity index is 1280. The smallest absolute Gasteiger partial charge is 0.263 e. The second-order valence-electron chi connectivity index (χ2n) is 7.47. The molecule has 6 rings (SSSR count). The van der Waals surface area contributed by atoms with Crippen LogP contribution < -0.4 is 4.90 Å². The predicted octanol–water partition coefficient (Wildman–Crippen LogP) is 1.98. The number of amides is 1. The Morgan fingerprint density at radius 2 is 2.07 bits per heavy atom. The van der Waals surface area contributed by atoms with Crippen LogP contribution in [-0.2, 0) is 13.0 Å². The first-order chi connectivity index (χ1) is 14.7. The van der Waals surface area contributed by atoms with Gasteiger partial charge in [-0.2, -0.15) is 5.10 Å². The Balaban J connectivity index is 1.32. The highest BCUT2D eigenvalue weighted by Crippen LogP contribution is 2.32. The number of rotatable bonds is 3. The Hall–Kier alpha value is -3.95. The van der Waals surface area contributed by atoms with Crippen molar-refractivity contribution in [2.24, 2.45) is 0 Å². The minimum atomic E-state index is -0.135. The van der Waals surface area contributed by atoms with Gasteiger partial charge in [-0.05, 0) is 25.5 Å². The summed E-state index contributed by atoms with van der Waals surface area (Å²) in [6.45, 7) is 2.51. The third-order valence-corrected chi connectivity index (χ3v) is 5.59. The molecule has 0 saturated heterocycles. The van der Waals surface area contributed by atoms with Gasteiger partial charge < -0.3 is 4.57 Å². The van der Waals surface area contributed by atoms with E-state index in [0.29, 0.717) is 41.2 Å². The fourth-order valence-corrected chi connectivity index (χ4v) is 4.08. The number of hydrogen-bond acceptors (Lipinski definition) is 7. The van der Waals surface area contributed by atoms with Gasteiger partial charge in [-0.15, -0.1) is 10.2 Å². The van der Waals surface area contributed by atoms with Crippen LogP contribution >= 0.6 is 0 Å². The van der Waals surface area contributed by atoms with Crippen LogP contribution in [0.1, 0.15) is 41.3 Å². The quantitative estimate of drug-likeness (QED) is 0.518. The van der Waals surface area contributed by atoms with Crippen molar-refractivity contribution in [3.05, 3.63) is 60.1 Å². The van der Waals surface area contributed by atoms with Gasteiger partial charge in [0.15, 0.2) is 11.6 Å². The fourth-order valence-electron chi connectivity index (χ4n) is 4.08. The number of carbonyl (C=O) groups is 1. The molecule has 1 atom stereocenters. The fraction of sp³-hybridized carbons (Fsp3) is 0.250. The summed E-state index contributed by atoms with van der Waals surface area (Å²) in [4.78, 5) is 27.7. The van der Waals surface area contributed by atoms with Crippen LogP contribution in [0.25, 0.3) is 17.3 Å². The molecule has 0 N–H and O–H groups in total. The number of pyridine rings is 1. The van der Waals surface area contributed by atoms with Crippen molar-refractivity contribution >= 4 is 11.7 Å². The number of anilines is 1. The molecule has 0 spiro atoms. The van der Waals surface area contributed by atoms with E-state index in [1.807, 2.05) is 18.2 Å². The highest BCUT2D eigenvalue weighted by atomic mass is 16.2. The van der Waals surface area contributed by atoms with Crippen molar-refractivity contribution in [1.29, 1.82) is 0 Å². The van der Waals surface area contributed by atoms with Crippen molar-refractivity contribution in [3.63, 3.8) is 0 Å². The normalized spacial score (nSPS) is 17.4. The molecule has 4 aromatic heterocycles. The summed E-state index contributed by atoms with van der Waals surface area (Å²) in [6, 6.07) is 5.96. The van der Waals surface area contributed by atoms with Crippen molar-refractivity contribution in [3.8, 4) is 17.3 Å². The summed E-state index contributed by atoms with van der Waals surface area (Å²) in [5.74, 6) is 2.74. The van der Waals surface area contributed by atoms with E-state index in [-0.39, 0.29) is 5.91 Å². The van der Waals surface area contributed by atoms with Crippen LogP contribution in [0, 0.1) is 0 Å². The van der Waals surface area contributed by atoms with Gasteiger partial charge in [-0.25, -0.2) is 14.6 Å².